The molecule has 1 aromatic heterocycles. The molecule has 1 aromatic rings. The van der Waals surface area contributed by atoms with Gasteiger partial charge in [0.2, 0.25) is 0 Å². The molecular weight excluding hydrogens is 312 g/mol. The molecule has 23 heavy (non-hydrogen) atoms. The Morgan fingerprint density at radius 3 is 2.87 bits per heavy atom. The molecule has 5 nitrogen and oxygen atoms in total. The number of likely N-dealkylation sites (tertiary alicyclic amines) is 1. The molecule has 3 aliphatic heterocycles. The number of thiophene rings is 1. The van der Waals surface area contributed by atoms with Gasteiger partial charge in [0.1, 0.15) is 6.10 Å². The maximum atomic E-state index is 12.4. The number of hydrogen-bond acceptors (Lipinski definition) is 5. The summed E-state index contributed by atoms with van der Waals surface area (Å²) in [4.78, 5) is 20.3. The van der Waals surface area contributed by atoms with Gasteiger partial charge in [-0.3, -0.25) is 14.5 Å². The molecule has 0 aromatic carbocycles. The number of hydrogen-bond donors (Lipinski definition) is 0. The van der Waals surface area contributed by atoms with Crippen LogP contribution in [0.1, 0.15) is 37.7 Å². The van der Waals surface area contributed by atoms with Crippen LogP contribution in [0.15, 0.2) is 16.8 Å². The molecule has 1 amide bonds. The number of piperidine rings is 1. The van der Waals surface area contributed by atoms with E-state index in [1.54, 1.807) is 11.3 Å². The fraction of sp³-hybridized carbons (Fsp3) is 0.706. The van der Waals surface area contributed by atoms with Crippen molar-refractivity contribution in [3.8, 4) is 0 Å². The van der Waals surface area contributed by atoms with Crippen LogP contribution in [0.25, 0.3) is 0 Å². The van der Waals surface area contributed by atoms with Crippen LogP contribution >= 0.6 is 11.3 Å². The average molecular weight is 336 g/mol. The van der Waals surface area contributed by atoms with E-state index in [0.29, 0.717) is 13.2 Å². The first-order chi connectivity index (χ1) is 11.2. The summed E-state index contributed by atoms with van der Waals surface area (Å²) in [5.74, 6) is 0.0278. The molecule has 4 rings (SSSR count). The molecule has 0 radical (unpaired) electrons. The van der Waals surface area contributed by atoms with Gasteiger partial charge in [-0.25, -0.2) is 5.06 Å². The van der Waals surface area contributed by atoms with Crippen molar-refractivity contribution in [2.45, 2.75) is 50.4 Å². The highest BCUT2D eigenvalue weighted by atomic mass is 32.1. The molecule has 3 aliphatic rings. The Bertz CT molecular complexity index is 534. The fourth-order valence-electron chi connectivity index (χ4n) is 3.90. The molecule has 6 heteroatoms. The van der Waals surface area contributed by atoms with Crippen LogP contribution in [0.4, 0.5) is 0 Å². The Labute approximate surface area is 141 Å². The van der Waals surface area contributed by atoms with Gasteiger partial charge in [0, 0.05) is 19.6 Å². The summed E-state index contributed by atoms with van der Waals surface area (Å²) >= 11 is 1.76. The molecule has 1 spiro atoms. The summed E-state index contributed by atoms with van der Waals surface area (Å²) in [6, 6.07) is 2.20. The van der Waals surface area contributed by atoms with Crippen molar-refractivity contribution < 1.29 is 14.4 Å². The third kappa shape index (κ3) is 3.31. The zero-order chi connectivity index (χ0) is 15.7. The van der Waals surface area contributed by atoms with Gasteiger partial charge < -0.3 is 4.74 Å². The monoisotopic (exact) mass is 336 g/mol. The minimum Gasteiger partial charge on any atom is -0.362 e. The van der Waals surface area contributed by atoms with E-state index in [-0.39, 0.29) is 17.6 Å². The van der Waals surface area contributed by atoms with Gasteiger partial charge in [0.25, 0.3) is 5.91 Å². The quantitative estimate of drug-likeness (QED) is 0.850. The largest absolute Gasteiger partial charge is 0.362 e. The highest BCUT2D eigenvalue weighted by Crippen LogP contribution is 2.39. The predicted octanol–water partition coefficient (Wildman–Crippen LogP) is 2.43. The first kappa shape index (κ1) is 15.6. The highest BCUT2D eigenvalue weighted by molar-refractivity contribution is 7.07. The van der Waals surface area contributed by atoms with Gasteiger partial charge in [-0.2, -0.15) is 11.3 Å². The smallest absolute Gasteiger partial charge is 0.275 e. The lowest BCUT2D eigenvalue weighted by atomic mass is 9.88. The third-order valence-electron chi connectivity index (χ3n) is 5.28. The maximum Gasteiger partial charge on any atom is 0.275 e. The van der Waals surface area contributed by atoms with Crippen LogP contribution in [-0.4, -0.2) is 53.8 Å². The zero-order valence-electron chi connectivity index (χ0n) is 13.4. The lowest BCUT2D eigenvalue weighted by Crippen LogP contribution is -2.45. The van der Waals surface area contributed by atoms with E-state index in [1.807, 2.05) is 0 Å². The molecule has 126 valence electrons. The van der Waals surface area contributed by atoms with Gasteiger partial charge >= 0.3 is 0 Å². The van der Waals surface area contributed by atoms with Gasteiger partial charge in [0.15, 0.2) is 0 Å². The molecule has 4 heterocycles. The first-order valence-corrected chi connectivity index (χ1v) is 9.54. The minimum absolute atomic E-state index is 0.0278. The average Bonchev–Trinajstić information content (AvgIpc) is 3.31. The molecule has 0 saturated carbocycles. The van der Waals surface area contributed by atoms with E-state index < -0.39 is 0 Å². The number of amides is 1. The Morgan fingerprint density at radius 2 is 2.17 bits per heavy atom. The van der Waals surface area contributed by atoms with Crippen LogP contribution in [0.5, 0.6) is 0 Å². The molecular formula is C17H24N2O3S. The van der Waals surface area contributed by atoms with Crippen LogP contribution in [0, 0.1) is 0 Å². The predicted molar refractivity (Wildman–Crippen MR) is 88.0 cm³/mol. The Kier molecular flexibility index (Phi) is 4.41. The normalized spacial score (nSPS) is 27.8. The van der Waals surface area contributed by atoms with E-state index >= 15 is 0 Å². The van der Waals surface area contributed by atoms with Crippen molar-refractivity contribution in [3.63, 3.8) is 0 Å². The van der Waals surface area contributed by atoms with Crippen LogP contribution in [0.3, 0.4) is 0 Å². The van der Waals surface area contributed by atoms with Gasteiger partial charge in [-0.1, -0.05) is 0 Å². The van der Waals surface area contributed by atoms with Gasteiger partial charge in [-0.15, -0.1) is 0 Å². The number of hydroxylamine groups is 2. The third-order valence-corrected chi connectivity index (χ3v) is 6.01. The van der Waals surface area contributed by atoms with Crippen molar-refractivity contribution in [2.24, 2.45) is 0 Å². The lowest BCUT2D eigenvalue weighted by Gasteiger charge is -2.39. The number of ether oxygens (including phenoxy) is 1. The second kappa shape index (κ2) is 6.51. The molecule has 3 fully saturated rings. The maximum absolute atomic E-state index is 12.4. The summed E-state index contributed by atoms with van der Waals surface area (Å²) in [7, 11) is 0. The second-order valence-electron chi connectivity index (χ2n) is 6.86. The van der Waals surface area contributed by atoms with E-state index in [4.69, 9.17) is 9.57 Å². The van der Waals surface area contributed by atoms with E-state index in [9.17, 15) is 4.79 Å². The number of carbonyl (C=O) groups is 1. The standard InChI is InChI=1S/C17H24N2O3S/c20-16(19-7-1-10-21-19)15-2-4-17(22-15)5-8-18(9-6-17)12-14-3-11-23-13-14/h3,11,13,15H,1-2,4-10,12H2/t15-/m0/s1. The van der Waals surface area contributed by atoms with E-state index in [2.05, 4.69) is 21.7 Å². The Morgan fingerprint density at radius 1 is 1.30 bits per heavy atom. The molecule has 0 unspecified atom stereocenters. The molecule has 0 N–H and O–H groups in total. The minimum atomic E-state index is -0.295. The Balaban J connectivity index is 1.30. The summed E-state index contributed by atoms with van der Waals surface area (Å²) in [5.41, 5.74) is 1.32. The van der Waals surface area contributed by atoms with Gasteiger partial charge in [-0.05, 0) is 54.5 Å². The van der Waals surface area contributed by atoms with Crippen molar-refractivity contribution in [3.05, 3.63) is 22.4 Å². The van der Waals surface area contributed by atoms with Crippen LogP contribution < -0.4 is 0 Å². The summed E-state index contributed by atoms with van der Waals surface area (Å²) in [6.45, 7) is 4.50. The molecule has 0 bridgehead atoms. The molecule has 0 aliphatic carbocycles. The number of rotatable bonds is 3. The topological polar surface area (TPSA) is 42.0 Å². The Hall–Kier alpha value is -0.950. The van der Waals surface area contributed by atoms with Crippen molar-refractivity contribution in [2.75, 3.05) is 26.2 Å². The fourth-order valence-corrected chi connectivity index (χ4v) is 4.56. The summed E-state index contributed by atoms with van der Waals surface area (Å²) in [6.07, 6.45) is 4.54. The van der Waals surface area contributed by atoms with Crippen molar-refractivity contribution >= 4 is 17.2 Å². The van der Waals surface area contributed by atoms with Crippen LogP contribution in [-0.2, 0) is 20.9 Å². The number of nitrogens with zero attached hydrogens (tertiary/aromatic N) is 2. The second-order valence-corrected chi connectivity index (χ2v) is 7.64. The zero-order valence-corrected chi connectivity index (χ0v) is 14.2. The number of carbonyl (C=O) groups excluding carboxylic acids is 1. The summed E-state index contributed by atoms with van der Waals surface area (Å²) in [5, 5.41) is 5.87. The first-order valence-electron chi connectivity index (χ1n) is 8.60. The van der Waals surface area contributed by atoms with E-state index in [1.165, 1.54) is 10.6 Å². The molecule has 1 atom stereocenters. The highest BCUT2D eigenvalue weighted by Gasteiger charge is 2.46. The van der Waals surface area contributed by atoms with Crippen molar-refractivity contribution in [1.29, 1.82) is 0 Å². The van der Waals surface area contributed by atoms with E-state index in [0.717, 1.165) is 51.7 Å². The van der Waals surface area contributed by atoms with Crippen LogP contribution in [0.2, 0.25) is 0 Å². The molecule has 3 saturated heterocycles. The summed E-state index contributed by atoms with van der Waals surface area (Å²) < 4.78 is 6.25. The SMILES string of the molecule is O=C([C@@H]1CCC2(CCN(Cc3ccsc3)CC2)O1)N1CCCO1. The van der Waals surface area contributed by atoms with Gasteiger partial charge in [0.05, 0.1) is 18.8 Å². The lowest BCUT2D eigenvalue weighted by molar-refractivity contribution is -0.185. The van der Waals surface area contributed by atoms with Crippen molar-refractivity contribution in [1.82, 2.24) is 9.96 Å².